The summed E-state index contributed by atoms with van der Waals surface area (Å²) in [7, 11) is 0. The van der Waals surface area contributed by atoms with Crippen LogP contribution >= 0.6 is 0 Å². The fourth-order valence-electron chi connectivity index (χ4n) is 0.885. The van der Waals surface area contributed by atoms with Gasteiger partial charge in [0.2, 0.25) is 0 Å². The number of benzene rings is 1. The van der Waals surface area contributed by atoms with Crippen LogP contribution in [-0.2, 0) is 0 Å². The molecule has 0 amide bonds. The SMILES string of the molecule is N#CC(CO)Nc1ccccc1F. The largest absolute Gasteiger partial charge is 0.393 e. The molecular weight excluding hydrogens is 171 g/mol. The van der Waals surface area contributed by atoms with Crippen LogP contribution in [-0.4, -0.2) is 17.8 Å². The highest BCUT2D eigenvalue weighted by molar-refractivity contribution is 5.46. The van der Waals surface area contributed by atoms with Crippen molar-refractivity contribution in [1.29, 1.82) is 5.26 Å². The van der Waals surface area contributed by atoms with Crippen molar-refractivity contribution in [2.75, 3.05) is 11.9 Å². The van der Waals surface area contributed by atoms with Crippen LogP contribution in [0.5, 0.6) is 0 Å². The van der Waals surface area contributed by atoms with Crippen LogP contribution in [0.3, 0.4) is 0 Å². The van der Waals surface area contributed by atoms with Gasteiger partial charge in [0.25, 0.3) is 0 Å². The van der Waals surface area contributed by atoms with Crippen LogP contribution in [0.1, 0.15) is 0 Å². The minimum Gasteiger partial charge on any atom is -0.393 e. The number of para-hydroxylation sites is 1. The minimum absolute atomic E-state index is 0.225. The first-order valence-corrected chi connectivity index (χ1v) is 3.79. The van der Waals surface area contributed by atoms with Gasteiger partial charge < -0.3 is 10.4 Å². The number of halogens is 1. The highest BCUT2D eigenvalue weighted by Gasteiger charge is 2.07. The zero-order valence-corrected chi connectivity index (χ0v) is 6.87. The third-order valence-corrected chi connectivity index (χ3v) is 1.54. The normalized spacial score (nSPS) is 11.8. The topological polar surface area (TPSA) is 56.0 Å². The molecule has 68 valence electrons. The Hall–Kier alpha value is -1.60. The number of hydrogen-bond acceptors (Lipinski definition) is 3. The molecule has 0 saturated heterocycles. The lowest BCUT2D eigenvalue weighted by atomic mass is 10.2. The lowest BCUT2D eigenvalue weighted by Crippen LogP contribution is -2.21. The van der Waals surface area contributed by atoms with Gasteiger partial charge in [0.05, 0.1) is 18.4 Å². The van der Waals surface area contributed by atoms with E-state index in [1.807, 2.05) is 0 Å². The Kier molecular flexibility index (Phi) is 3.23. The second-order valence-corrected chi connectivity index (χ2v) is 2.49. The number of nitriles is 1. The zero-order chi connectivity index (χ0) is 9.68. The summed E-state index contributed by atoms with van der Waals surface area (Å²) < 4.78 is 13.0. The summed E-state index contributed by atoms with van der Waals surface area (Å²) in [6.45, 7) is -0.342. The van der Waals surface area contributed by atoms with E-state index >= 15 is 0 Å². The molecule has 0 radical (unpaired) electrons. The van der Waals surface area contributed by atoms with Crippen molar-refractivity contribution in [3.05, 3.63) is 30.1 Å². The standard InChI is InChI=1S/C9H9FN2O/c10-8-3-1-2-4-9(8)12-7(5-11)6-13/h1-4,7,12-13H,6H2. The number of rotatable bonds is 3. The van der Waals surface area contributed by atoms with E-state index < -0.39 is 11.9 Å². The summed E-state index contributed by atoms with van der Waals surface area (Å²) in [6.07, 6.45) is 0. The van der Waals surface area contributed by atoms with Gasteiger partial charge in [-0.05, 0) is 12.1 Å². The molecular formula is C9H9FN2O. The first kappa shape index (κ1) is 9.49. The zero-order valence-electron chi connectivity index (χ0n) is 6.87. The molecule has 1 aromatic carbocycles. The molecule has 13 heavy (non-hydrogen) atoms. The van der Waals surface area contributed by atoms with Crippen molar-refractivity contribution in [1.82, 2.24) is 0 Å². The Bertz CT molecular complexity index is 322. The molecule has 0 spiro atoms. The third-order valence-electron chi connectivity index (χ3n) is 1.54. The predicted octanol–water partition coefficient (Wildman–Crippen LogP) is 1.12. The third kappa shape index (κ3) is 2.42. The quantitative estimate of drug-likeness (QED) is 0.732. The van der Waals surface area contributed by atoms with E-state index in [1.54, 1.807) is 18.2 Å². The Morgan fingerprint density at radius 2 is 2.23 bits per heavy atom. The maximum atomic E-state index is 13.0. The van der Waals surface area contributed by atoms with Crippen LogP contribution < -0.4 is 5.32 Å². The highest BCUT2D eigenvalue weighted by atomic mass is 19.1. The van der Waals surface area contributed by atoms with Crippen LogP contribution in [0, 0.1) is 17.1 Å². The molecule has 1 rings (SSSR count). The molecule has 0 bridgehead atoms. The number of hydrogen-bond donors (Lipinski definition) is 2. The predicted molar refractivity (Wildman–Crippen MR) is 46.5 cm³/mol. The van der Waals surface area contributed by atoms with Crippen LogP contribution in [0.15, 0.2) is 24.3 Å². The van der Waals surface area contributed by atoms with Crippen molar-refractivity contribution in [2.24, 2.45) is 0 Å². The fraction of sp³-hybridized carbons (Fsp3) is 0.222. The van der Waals surface area contributed by atoms with Gasteiger partial charge in [-0.25, -0.2) is 4.39 Å². The van der Waals surface area contributed by atoms with Gasteiger partial charge in [0, 0.05) is 0 Å². The van der Waals surface area contributed by atoms with E-state index in [0.29, 0.717) is 0 Å². The van der Waals surface area contributed by atoms with Gasteiger partial charge in [-0.2, -0.15) is 5.26 Å². The first-order valence-electron chi connectivity index (χ1n) is 3.79. The molecule has 0 aromatic heterocycles. The monoisotopic (exact) mass is 180 g/mol. The molecule has 4 heteroatoms. The molecule has 0 saturated carbocycles. The second kappa shape index (κ2) is 4.43. The molecule has 1 unspecified atom stereocenters. The van der Waals surface area contributed by atoms with Gasteiger partial charge in [-0.1, -0.05) is 12.1 Å². The van der Waals surface area contributed by atoms with Crippen molar-refractivity contribution < 1.29 is 9.50 Å². The fourth-order valence-corrected chi connectivity index (χ4v) is 0.885. The van der Waals surface area contributed by atoms with Gasteiger partial charge in [0.1, 0.15) is 11.9 Å². The number of aliphatic hydroxyl groups is 1. The summed E-state index contributed by atoms with van der Waals surface area (Å²) in [5.41, 5.74) is 0.225. The lowest BCUT2D eigenvalue weighted by molar-refractivity contribution is 0.292. The van der Waals surface area contributed by atoms with Gasteiger partial charge >= 0.3 is 0 Å². The lowest BCUT2D eigenvalue weighted by Gasteiger charge is -2.10. The first-order chi connectivity index (χ1) is 6.27. The van der Waals surface area contributed by atoms with Crippen molar-refractivity contribution in [3.8, 4) is 6.07 Å². The van der Waals surface area contributed by atoms with Crippen molar-refractivity contribution >= 4 is 5.69 Å². The van der Waals surface area contributed by atoms with E-state index in [2.05, 4.69) is 5.32 Å². The van der Waals surface area contributed by atoms with E-state index in [9.17, 15) is 4.39 Å². The molecule has 0 aliphatic heterocycles. The van der Waals surface area contributed by atoms with E-state index in [1.165, 1.54) is 12.1 Å². The smallest absolute Gasteiger partial charge is 0.146 e. The minimum atomic E-state index is -0.767. The molecule has 1 aromatic rings. The maximum Gasteiger partial charge on any atom is 0.146 e. The van der Waals surface area contributed by atoms with Crippen LogP contribution in [0.4, 0.5) is 10.1 Å². The summed E-state index contributed by atoms with van der Waals surface area (Å²) in [5, 5.41) is 19.7. The highest BCUT2D eigenvalue weighted by Crippen LogP contribution is 2.12. The summed E-state index contributed by atoms with van der Waals surface area (Å²) in [6, 6.07) is 7.03. The van der Waals surface area contributed by atoms with E-state index in [-0.39, 0.29) is 12.3 Å². The van der Waals surface area contributed by atoms with E-state index in [4.69, 9.17) is 10.4 Å². The number of nitrogens with one attached hydrogen (secondary N) is 1. The number of anilines is 1. The molecule has 0 aliphatic carbocycles. The summed E-state index contributed by atoms with van der Waals surface area (Å²) in [5.74, 6) is -0.434. The van der Waals surface area contributed by atoms with E-state index in [0.717, 1.165) is 0 Å². The molecule has 0 heterocycles. The van der Waals surface area contributed by atoms with Gasteiger partial charge in [-0.3, -0.25) is 0 Å². The van der Waals surface area contributed by atoms with Crippen molar-refractivity contribution in [3.63, 3.8) is 0 Å². The van der Waals surface area contributed by atoms with Crippen LogP contribution in [0.25, 0.3) is 0 Å². The Balaban J connectivity index is 2.74. The molecule has 0 fully saturated rings. The Morgan fingerprint density at radius 1 is 1.54 bits per heavy atom. The Morgan fingerprint density at radius 3 is 2.77 bits per heavy atom. The number of nitrogens with zero attached hydrogens (tertiary/aromatic N) is 1. The molecule has 2 N–H and O–H groups in total. The van der Waals surface area contributed by atoms with Gasteiger partial charge in [0.15, 0.2) is 0 Å². The molecule has 0 aliphatic rings. The molecule has 1 atom stereocenters. The second-order valence-electron chi connectivity index (χ2n) is 2.49. The maximum absolute atomic E-state index is 13.0. The van der Waals surface area contributed by atoms with Crippen molar-refractivity contribution in [2.45, 2.75) is 6.04 Å². The molecule has 3 nitrogen and oxygen atoms in total. The Labute approximate surface area is 75.4 Å². The average Bonchev–Trinajstić information content (AvgIpc) is 2.17. The van der Waals surface area contributed by atoms with Crippen LogP contribution in [0.2, 0.25) is 0 Å². The summed E-state index contributed by atoms with van der Waals surface area (Å²) >= 11 is 0. The summed E-state index contributed by atoms with van der Waals surface area (Å²) in [4.78, 5) is 0. The van der Waals surface area contributed by atoms with Gasteiger partial charge in [-0.15, -0.1) is 0 Å². The number of aliphatic hydroxyl groups excluding tert-OH is 1. The average molecular weight is 180 g/mol.